The number of rotatable bonds is 5. The highest BCUT2D eigenvalue weighted by molar-refractivity contribution is 9.10. The normalized spacial score (nSPS) is 11.9. The smallest absolute Gasteiger partial charge is 0.295 e. The van der Waals surface area contributed by atoms with E-state index in [9.17, 15) is 18.5 Å². The number of anilines is 1. The lowest BCUT2D eigenvalue weighted by Gasteiger charge is -2.04. The third-order valence-corrected chi connectivity index (χ3v) is 4.96. The molecule has 0 atom stereocenters. The van der Waals surface area contributed by atoms with Gasteiger partial charge in [-0.25, -0.2) is 13.6 Å². The number of nitrogens with one attached hydrogen (secondary N) is 2. The number of nitrogens with two attached hydrogens (primary N) is 1. The van der Waals surface area contributed by atoms with E-state index in [2.05, 4.69) is 31.4 Å². The lowest BCUT2D eigenvalue weighted by atomic mass is 10.2. The molecule has 3 rings (SSSR count). The summed E-state index contributed by atoms with van der Waals surface area (Å²) in [7, 11) is -4.04. The van der Waals surface area contributed by atoms with Crippen molar-refractivity contribution in [2.45, 2.75) is 4.90 Å². The Kier molecular flexibility index (Phi) is 4.76. The number of H-pyrrole nitrogens is 1. The summed E-state index contributed by atoms with van der Waals surface area (Å²) < 4.78 is 23.6. The van der Waals surface area contributed by atoms with Gasteiger partial charge < -0.3 is 4.98 Å². The summed E-state index contributed by atoms with van der Waals surface area (Å²) in [4.78, 5) is 13.2. The van der Waals surface area contributed by atoms with Gasteiger partial charge in [-0.3, -0.25) is 15.5 Å². The number of nitro benzene ring substituents is 1. The molecule has 0 aliphatic rings. The highest BCUT2D eigenvalue weighted by atomic mass is 79.9. The number of hydrogen-bond acceptors (Lipinski definition) is 6. The zero-order valence-electron chi connectivity index (χ0n) is 13.0. The van der Waals surface area contributed by atoms with Crippen molar-refractivity contribution in [3.05, 3.63) is 62.7 Å². The van der Waals surface area contributed by atoms with Gasteiger partial charge in [-0.1, -0.05) is 15.9 Å². The lowest BCUT2D eigenvalue weighted by Crippen LogP contribution is -2.12. The number of hydrazone groups is 1. The minimum absolute atomic E-state index is 0.0414. The minimum Gasteiger partial charge on any atom is -0.361 e. The molecular formula is C15H12BrN5O4S. The first-order valence-electron chi connectivity index (χ1n) is 7.12. The molecule has 1 aromatic heterocycles. The molecule has 0 radical (unpaired) electrons. The van der Waals surface area contributed by atoms with Crippen molar-refractivity contribution >= 4 is 54.4 Å². The zero-order chi connectivity index (χ0) is 18.9. The molecule has 3 aromatic rings. The van der Waals surface area contributed by atoms with Crippen LogP contribution in [0.2, 0.25) is 0 Å². The summed E-state index contributed by atoms with van der Waals surface area (Å²) >= 11 is 3.40. The van der Waals surface area contributed by atoms with Crippen molar-refractivity contribution in [2.75, 3.05) is 5.43 Å². The highest BCUT2D eigenvalue weighted by Crippen LogP contribution is 2.27. The number of nitrogens with zero attached hydrogens (tertiary/aromatic N) is 2. The number of halogens is 1. The number of primary sulfonamides is 1. The summed E-state index contributed by atoms with van der Waals surface area (Å²) in [5, 5.41) is 21.1. The zero-order valence-corrected chi connectivity index (χ0v) is 15.4. The fourth-order valence-corrected chi connectivity index (χ4v) is 3.22. The Bertz CT molecular complexity index is 1140. The minimum atomic E-state index is -4.04. The monoisotopic (exact) mass is 437 g/mol. The molecule has 0 aliphatic heterocycles. The van der Waals surface area contributed by atoms with Crippen LogP contribution in [-0.4, -0.2) is 24.5 Å². The van der Waals surface area contributed by atoms with E-state index in [0.29, 0.717) is 0 Å². The van der Waals surface area contributed by atoms with Crippen molar-refractivity contribution in [2.24, 2.45) is 10.2 Å². The highest BCUT2D eigenvalue weighted by Gasteiger charge is 2.18. The Labute approximate surface area is 156 Å². The first kappa shape index (κ1) is 18.0. The Balaban J connectivity index is 1.90. The fourth-order valence-electron chi connectivity index (χ4n) is 2.33. The standard InChI is InChI=1S/C15H12BrN5O4S/c16-10-1-3-13-12(5-10)9(7-18-13)8-19-20-14-4-2-11(26(17,24)25)6-15(14)21(22)23/h1-8,18,20H,(H2,17,24,25). The van der Waals surface area contributed by atoms with Crippen LogP contribution >= 0.6 is 15.9 Å². The molecular weight excluding hydrogens is 426 g/mol. The number of fused-ring (bicyclic) bond motifs is 1. The maximum Gasteiger partial charge on any atom is 0.295 e. The number of aromatic nitrogens is 1. The first-order chi connectivity index (χ1) is 12.3. The van der Waals surface area contributed by atoms with E-state index < -0.39 is 20.6 Å². The molecule has 11 heteroatoms. The van der Waals surface area contributed by atoms with Crippen LogP contribution in [0, 0.1) is 10.1 Å². The van der Waals surface area contributed by atoms with Crippen LogP contribution in [0.3, 0.4) is 0 Å². The number of nitro groups is 1. The van der Waals surface area contributed by atoms with Gasteiger partial charge in [0, 0.05) is 33.2 Å². The third-order valence-electron chi connectivity index (χ3n) is 3.56. The molecule has 2 aromatic carbocycles. The van der Waals surface area contributed by atoms with E-state index in [1.165, 1.54) is 18.3 Å². The van der Waals surface area contributed by atoms with Crippen LogP contribution in [0.25, 0.3) is 10.9 Å². The first-order valence-corrected chi connectivity index (χ1v) is 9.46. The van der Waals surface area contributed by atoms with Crippen LogP contribution in [0.5, 0.6) is 0 Å². The number of aromatic amines is 1. The molecule has 0 amide bonds. The van der Waals surface area contributed by atoms with E-state index >= 15 is 0 Å². The van der Waals surface area contributed by atoms with E-state index in [0.717, 1.165) is 27.0 Å². The summed E-state index contributed by atoms with van der Waals surface area (Å²) in [5.74, 6) is 0. The summed E-state index contributed by atoms with van der Waals surface area (Å²) in [5.41, 5.74) is 3.84. The predicted molar refractivity (Wildman–Crippen MR) is 102 cm³/mol. The molecule has 4 N–H and O–H groups in total. The van der Waals surface area contributed by atoms with Crippen LogP contribution in [0.15, 0.2) is 57.1 Å². The average molecular weight is 438 g/mol. The number of hydrogen-bond donors (Lipinski definition) is 3. The van der Waals surface area contributed by atoms with Crippen LogP contribution < -0.4 is 10.6 Å². The van der Waals surface area contributed by atoms with Gasteiger partial charge >= 0.3 is 0 Å². The molecule has 0 aliphatic carbocycles. The molecule has 0 bridgehead atoms. The second-order valence-corrected chi connectivity index (χ2v) is 7.76. The maximum absolute atomic E-state index is 11.3. The lowest BCUT2D eigenvalue weighted by molar-refractivity contribution is -0.384. The molecule has 26 heavy (non-hydrogen) atoms. The van der Waals surface area contributed by atoms with Gasteiger partial charge in [0.1, 0.15) is 5.69 Å². The van der Waals surface area contributed by atoms with Crippen LogP contribution in [-0.2, 0) is 10.0 Å². The Hall–Kier alpha value is -2.76. The maximum atomic E-state index is 11.3. The second-order valence-electron chi connectivity index (χ2n) is 5.28. The molecule has 0 unspecified atom stereocenters. The molecule has 0 spiro atoms. The van der Waals surface area contributed by atoms with Gasteiger partial charge in [-0.15, -0.1) is 0 Å². The number of sulfonamides is 1. The summed E-state index contributed by atoms with van der Waals surface area (Å²) in [6.45, 7) is 0. The SMILES string of the molecule is NS(=O)(=O)c1ccc(NN=Cc2c[nH]c3ccc(Br)cc23)c([N+](=O)[O-])c1. The van der Waals surface area contributed by atoms with E-state index in [1.807, 2.05) is 18.2 Å². The van der Waals surface area contributed by atoms with Crippen LogP contribution in [0.4, 0.5) is 11.4 Å². The predicted octanol–water partition coefficient (Wildman–Crippen LogP) is 2.93. The third kappa shape index (κ3) is 3.74. The van der Waals surface area contributed by atoms with E-state index in [4.69, 9.17) is 5.14 Å². The second kappa shape index (κ2) is 6.86. The van der Waals surface area contributed by atoms with Gasteiger partial charge in [0.05, 0.1) is 16.0 Å². The molecule has 1 heterocycles. The van der Waals surface area contributed by atoms with Gasteiger partial charge in [0.15, 0.2) is 0 Å². The van der Waals surface area contributed by atoms with Gasteiger partial charge in [-0.05, 0) is 30.3 Å². The van der Waals surface area contributed by atoms with Gasteiger partial charge in [0.25, 0.3) is 5.69 Å². The summed E-state index contributed by atoms with van der Waals surface area (Å²) in [6.07, 6.45) is 3.25. The molecule has 0 saturated heterocycles. The number of benzene rings is 2. The quantitative estimate of drug-likeness (QED) is 0.319. The average Bonchev–Trinajstić information content (AvgIpc) is 2.96. The topological polar surface area (TPSA) is 143 Å². The van der Waals surface area contributed by atoms with Crippen molar-refractivity contribution < 1.29 is 13.3 Å². The molecule has 9 nitrogen and oxygen atoms in total. The van der Waals surface area contributed by atoms with Gasteiger partial charge in [-0.2, -0.15) is 5.10 Å². The van der Waals surface area contributed by atoms with Crippen molar-refractivity contribution in [1.29, 1.82) is 0 Å². The van der Waals surface area contributed by atoms with E-state index in [-0.39, 0.29) is 10.6 Å². The fraction of sp³-hybridized carbons (Fsp3) is 0. The molecule has 134 valence electrons. The largest absolute Gasteiger partial charge is 0.361 e. The van der Waals surface area contributed by atoms with E-state index in [1.54, 1.807) is 6.20 Å². The Morgan fingerprint density at radius 2 is 2.04 bits per heavy atom. The van der Waals surface area contributed by atoms with Crippen LogP contribution in [0.1, 0.15) is 5.56 Å². The van der Waals surface area contributed by atoms with Crippen molar-refractivity contribution in [1.82, 2.24) is 4.98 Å². The van der Waals surface area contributed by atoms with Crippen molar-refractivity contribution in [3.8, 4) is 0 Å². The Morgan fingerprint density at radius 3 is 2.73 bits per heavy atom. The van der Waals surface area contributed by atoms with Crippen molar-refractivity contribution in [3.63, 3.8) is 0 Å². The van der Waals surface area contributed by atoms with Gasteiger partial charge in [0.2, 0.25) is 10.0 Å². The molecule has 0 saturated carbocycles. The molecule has 0 fully saturated rings. The summed E-state index contributed by atoms with van der Waals surface area (Å²) in [6, 6.07) is 9.01. The Morgan fingerprint density at radius 1 is 1.27 bits per heavy atom.